The third-order valence-corrected chi connectivity index (χ3v) is 4.70. The van der Waals surface area contributed by atoms with E-state index in [0.29, 0.717) is 32.5 Å². The first-order chi connectivity index (χ1) is 8.60. The molecule has 0 atom stereocenters. The van der Waals surface area contributed by atoms with E-state index in [4.69, 9.17) is 5.73 Å². The SMILES string of the molecule is CCN(CCCN)S(=O)(=O)CCc1ccncc1. The number of aryl methyl sites for hydroxylation is 1. The molecule has 0 aliphatic rings. The van der Waals surface area contributed by atoms with Crippen molar-refractivity contribution in [2.24, 2.45) is 5.73 Å². The first-order valence-electron chi connectivity index (χ1n) is 6.17. The molecule has 6 heteroatoms. The summed E-state index contributed by atoms with van der Waals surface area (Å²) in [5.41, 5.74) is 6.40. The van der Waals surface area contributed by atoms with Crippen LogP contribution in [0.3, 0.4) is 0 Å². The highest BCUT2D eigenvalue weighted by atomic mass is 32.2. The molecule has 5 nitrogen and oxygen atoms in total. The molecule has 0 aliphatic heterocycles. The van der Waals surface area contributed by atoms with E-state index in [2.05, 4.69) is 4.98 Å². The van der Waals surface area contributed by atoms with Crippen LogP contribution in [0.15, 0.2) is 24.5 Å². The summed E-state index contributed by atoms with van der Waals surface area (Å²) in [5.74, 6) is 0.134. The van der Waals surface area contributed by atoms with Crippen molar-refractivity contribution in [3.63, 3.8) is 0 Å². The van der Waals surface area contributed by atoms with Crippen molar-refractivity contribution >= 4 is 10.0 Å². The second kappa shape index (κ2) is 7.45. The van der Waals surface area contributed by atoms with Gasteiger partial charge in [-0.15, -0.1) is 0 Å². The molecule has 0 fully saturated rings. The second-order valence-corrected chi connectivity index (χ2v) is 6.14. The number of aromatic nitrogens is 1. The third kappa shape index (κ3) is 4.72. The van der Waals surface area contributed by atoms with E-state index in [9.17, 15) is 8.42 Å². The molecule has 0 aliphatic carbocycles. The summed E-state index contributed by atoms with van der Waals surface area (Å²) in [6, 6.07) is 3.68. The lowest BCUT2D eigenvalue weighted by Gasteiger charge is -2.20. The Balaban J connectivity index is 2.57. The van der Waals surface area contributed by atoms with E-state index in [1.165, 1.54) is 4.31 Å². The van der Waals surface area contributed by atoms with E-state index in [1.807, 2.05) is 19.1 Å². The predicted octanol–water partition coefficient (Wildman–Crippen LogP) is 0.625. The fourth-order valence-corrected chi connectivity index (χ4v) is 3.24. The van der Waals surface area contributed by atoms with Gasteiger partial charge >= 0.3 is 0 Å². The smallest absolute Gasteiger partial charge is 0.214 e. The minimum atomic E-state index is -3.19. The average Bonchev–Trinajstić information content (AvgIpc) is 2.38. The van der Waals surface area contributed by atoms with E-state index >= 15 is 0 Å². The van der Waals surface area contributed by atoms with Crippen LogP contribution in [0, 0.1) is 0 Å². The highest BCUT2D eigenvalue weighted by Gasteiger charge is 2.19. The molecule has 0 spiro atoms. The lowest BCUT2D eigenvalue weighted by atomic mass is 10.2. The molecular weight excluding hydrogens is 250 g/mol. The molecule has 0 radical (unpaired) electrons. The van der Waals surface area contributed by atoms with Crippen molar-refractivity contribution in [1.29, 1.82) is 0 Å². The highest BCUT2D eigenvalue weighted by Crippen LogP contribution is 2.06. The van der Waals surface area contributed by atoms with Crippen molar-refractivity contribution in [1.82, 2.24) is 9.29 Å². The highest BCUT2D eigenvalue weighted by molar-refractivity contribution is 7.89. The number of nitrogens with two attached hydrogens (primary N) is 1. The van der Waals surface area contributed by atoms with Crippen molar-refractivity contribution in [2.45, 2.75) is 19.8 Å². The van der Waals surface area contributed by atoms with Gasteiger partial charge in [0.1, 0.15) is 0 Å². The van der Waals surface area contributed by atoms with Crippen LogP contribution in [0.2, 0.25) is 0 Å². The zero-order chi connectivity index (χ0) is 13.4. The van der Waals surface area contributed by atoms with E-state index in [-0.39, 0.29) is 5.75 Å². The maximum Gasteiger partial charge on any atom is 0.214 e. The first kappa shape index (κ1) is 15.1. The van der Waals surface area contributed by atoms with Crippen LogP contribution in [-0.4, -0.2) is 43.1 Å². The zero-order valence-corrected chi connectivity index (χ0v) is 11.6. The summed E-state index contributed by atoms with van der Waals surface area (Å²) in [5, 5.41) is 0. The summed E-state index contributed by atoms with van der Waals surface area (Å²) >= 11 is 0. The Morgan fingerprint density at radius 1 is 1.33 bits per heavy atom. The first-order valence-corrected chi connectivity index (χ1v) is 7.78. The van der Waals surface area contributed by atoms with Gasteiger partial charge in [0.2, 0.25) is 10.0 Å². The fourth-order valence-electron chi connectivity index (χ4n) is 1.69. The Labute approximate surface area is 109 Å². The van der Waals surface area contributed by atoms with Crippen LogP contribution in [0.1, 0.15) is 18.9 Å². The third-order valence-electron chi connectivity index (χ3n) is 2.76. The largest absolute Gasteiger partial charge is 0.330 e. The zero-order valence-electron chi connectivity index (χ0n) is 10.7. The summed E-state index contributed by atoms with van der Waals surface area (Å²) in [6.07, 6.45) is 4.56. The minimum absolute atomic E-state index is 0.134. The predicted molar refractivity (Wildman–Crippen MR) is 72.6 cm³/mol. The Morgan fingerprint density at radius 3 is 2.56 bits per heavy atom. The van der Waals surface area contributed by atoms with E-state index < -0.39 is 10.0 Å². The maximum atomic E-state index is 12.1. The summed E-state index contributed by atoms with van der Waals surface area (Å²) in [7, 11) is -3.19. The number of hydrogen-bond acceptors (Lipinski definition) is 4. The molecule has 0 bridgehead atoms. The number of hydrogen-bond donors (Lipinski definition) is 1. The molecule has 0 amide bonds. The van der Waals surface area contributed by atoms with Gasteiger partial charge in [-0.2, -0.15) is 0 Å². The molecular formula is C12H21N3O2S. The van der Waals surface area contributed by atoms with Gasteiger partial charge in [0.25, 0.3) is 0 Å². The number of pyridine rings is 1. The molecule has 0 saturated carbocycles. The van der Waals surface area contributed by atoms with Gasteiger partial charge < -0.3 is 5.73 Å². The van der Waals surface area contributed by atoms with Gasteiger partial charge in [0.15, 0.2) is 0 Å². The van der Waals surface area contributed by atoms with Gasteiger partial charge in [-0.1, -0.05) is 6.92 Å². The Morgan fingerprint density at radius 2 is 2.00 bits per heavy atom. The topological polar surface area (TPSA) is 76.3 Å². The molecule has 0 saturated heterocycles. The summed E-state index contributed by atoms with van der Waals surface area (Å²) in [6.45, 7) is 3.36. The van der Waals surface area contributed by atoms with Crippen LogP contribution in [0.5, 0.6) is 0 Å². The standard InChI is InChI=1S/C12H21N3O2S/c1-2-15(10-3-7-13)18(16,17)11-6-12-4-8-14-9-5-12/h4-5,8-9H,2-3,6-7,10-11,13H2,1H3. The number of sulfonamides is 1. The van der Waals surface area contributed by atoms with Crippen LogP contribution >= 0.6 is 0 Å². The lowest BCUT2D eigenvalue weighted by molar-refractivity contribution is 0.423. The van der Waals surface area contributed by atoms with Gasteiger partial charge in [0.05, 0.1) is 5.75 Å². The van der Waals surface area contributed by atoms with E-state index in [1.54, 1.807) is 12.4 Å². The number of nitrogens with zero attached hydrogens (tertiary/aromatic N) is 2. The molecule has 18 heavy (non-hydrogen) atoms. The second-order valence-electron chi connectivity index (χ2n) is 4.06. The van der Waals surface area contributed by atoms with E-state index in [0.717, 1.165) is 5.56 Å². The normalized spacial score (nSPS) is 11.9. The quantitative estimate of drug-likeness (QED) is 0.752. The van der Waals surface area contributed by atoms with Crippen LogP contribution < -0.4 is 5.73 Å². The molecule has 102 valence electrons. The lowest BCUT2D eigenvalue weighted by Crippen LogP contribution is -2.35. The molecule has 1 rings (SSSR count). The van der Waals surface area contributed by atoms with Gasteiger partial charge in [-0.05, 0) is 37.1 Å². The fraction of sp³-hybridized carbons (Fsp3) is 0.583. The molecule has 1 aromatic rings. The monoisotopic (exact) mass is 271 g/mol. The van der Waals surface area contributed by atoms with Crippen molar-refractivity contribution in [2.75, 3.05) is 25.4 Å². The number of rotatable bonds is 8. The van der Waals surface area contributed by atoms with Gasteiger partial charge in [-0.3, -0.25) is 4.98 Å². The van der Waals surface area contributed by atoms with Gasteiger partial charge in [-0.25, -0.2) is 12.7 Å². The molecule has 0 unspecified atom stereocenters. The maximum absolute atomic E-state index is 12.1. The van der Waals surface area contributed by atoms with Crippen LogP contribution in [0.4, 0.5) is 0 Å². The molecule has 1 aromatic heterocycles. The summed E-state index contributed by atoms with van der Waals surface area (Å²) in [4.78, 5) is 3.91. The molecule has 0 aromatic carbocycles. The van der Waals surface area contributed by atoms with Crippen molar-refractivity contribution < 1.29 is 8.42 Å². The minimum Gasteiger partial charge on any atom is -0.330 e. The average molecular weight is 271 g/mol. The Kier molecular flexibility index (Phi) is 6.24. The Bertz CT molecular complexity index is 434. The summed E-state index contributed by atoms with van der Waals surface area (Å²) < 4.78 is 25.7. The molecule has 2 N–H and O–H groups in total. The van der Waals surface area contributed by atoms with Crippen LogP contribution in [-0.2, 0) is 16.4 Å². The molecule has 1 heterocycles. The van der Waals surface area contributed by atoms with Crippen LogP contribution in [0.25, 0.3) is 0 Å². The van der Waals surface area contributed by atoms with Crippen molar-refractivity contribution in [3.05, 3.63) is 30.1 Å². The Hall–Kier alpha value is -0.980. The van der Waals surface area contributed by atoms with Crippen molar-refractivity contribution in [3.8, 4) is 0 Å². The van der Waals surface area contributed by atoms with Gasteiger partial charge in [0, 0.05) is 25.5 Å².